The third kappa shape index (κ3) is 3.53. The average Bonchev–Trinajstić information content (AvgIpc) is 3.24. The van der Waals surface area contributed by atoms with E-state index in [0.29, 0.717) is 28.5 Å². The van der Waals surface area contributed by atoms with E-state index in [1.165, 1.54) is 12.1 Å². The van der Waals surface area contributed by atoms with Gasteiger partial charge in [-0.15, -0.1) is 0 Å². The van der Waals surface area contributed by atoms with Crippen molar-refractivity contribution < 1.29 is 18.7 Å². The van der Waals surface area contributed by atoms with Crippen molar-refractivity contribution in [1.82, 2.24) is 5.01 Å². The molecule has 0 saturated carbocycles. The minimum atomic E-state index is -0.926. The van der Waals surface area contributed by atoms with Crippen LogP contribution in [-0.2, 0) is 0 Å². The van der Waals surface area contributed by atoms with Crippen LogP contribution < -0.4 is 9.47 Å². The van der Waals surface area contributed by atoms with Crippen molar-refractivity contribution in [2.24, 2.45) is 5.10 Å². The van der Waals surface area contributed by atoms with Crippen LogP contribution in [-0.4, -0.2) is 29.8 Å². The molecule has 7 heteroatoms. The van der Waals surface area contributed by atoms with Crippen molar-refractivity contribution in [2.75, 3.05) is 7.11 Å². The van der Waals surface area contributed by atoms with E-state index in [9.17, 15) is 9.18 Å². The smallest absolute Gasteiger partial charge is 0.251 e. The molecule has 156 valence electrons. The number of methoxy groups -OCH3 is 1. The molecule has 2 aliphatic rings. The van der Waals surface area contributed by atoms with Gasteiger partial charge >= 0.3 is 0 Å². The highest BCUT2D eigenvalue weighted by Gasteiger charge is 2.43. The van der Waals surface area contributed by atoms with Crippen LogP contribution in [0.15, 0.2) is 71.8 Å². The molecule has 3 aromatic rings. The summed E-state index contributed by atoms with van der Waals surface area (Å²) < 4.78 is 24.7. The van der Waals surface area contributed by atoms with Gasteiger partial charge in [-0.2, -0.15) is 5.10 Å². The summed E-state index contributed by atoms with van der Waals surface area (Å²) >= 11 is 6.23. The highest BCUT2D eigenvalue weighted by molar-refractivity contribution is 6.30. The molecular formula is C24H18ClFN2O3. The highest BCUT2D eigenvalue weighted by atomic mass is 35.5. The molecule has 0 unspecified atom stereocenters. The van der Waals surface area contributed by atoms with Crippen LogP contribution in [0.25, 0.3) is 0 Å². The van der Waals surface area contributed by atoms with Crippen LogP contribution in [0.4, 0.5) is 4.39 Å². The van der Waals surface area contributed by atoms with Crippen LogP contribution >= 0.6 is 11.6 Å². The molecule has 0 aromatic heterocycles. The number of ketones is 1. The van der Waals surface area contributed by atoms with E-state index in [1.807, 2.05) is 6.07 Å². The number of hydrazone groups is 1. The number of benzene rings is 3. The van der Waals surface area contributed by atoms with E-state index >= 15 is 0 Å². The van der Waals surface area contributed by atoms with Gasteiger partial charge in [-0.05, 0) is 60.2 Å². The number of nitrogens with zero attached hydrogens (tertiary/aromatic N) is 2. The SMILES string of the molecule is COc1ccc(C(=O)[C@H]2Oc3ccc(Cl)cc3[C@@H]3CC(c4ccc(F)cc4)=NN23)cc1. The number of Topliss-reactive ketones (excluding diaryl/α,β-unsaturated/α-hetero) is 1. The molecule has 0 bridgehead atoms. The summed E-state index contributed by atoms with van der Waals surface area (Å²) in [5.41, 5.74) is 2.92. The monoisotopic (exact) mass is 436 g/mol. The second-order valence-corrected chi connectivity index (χ2v) is 7.84. The minimum absolute atomic E-state index is 0.211. The maximum atomic E-state index is 13.4. The molecule has 0 aliphatic carbocycles. The lowest BCUT2D eigenvalue weighted by atomic mass is 9.95. The number of carbonyl (C=O) groups excluding carboxylic acids is 1. The lowest BCUT2D eigenvalue weighted by Gasteiger charge is -2.37. The molecule has 0 saturated heterocycles. The summed E-state index contributed by atoms with van der Waals surface area (Å²) in [6, 6.07) is 18.2. The zero-order valence-electron chi connectivity index (χ0n) is 16.6. The van der Waals surface area contributed by atoms with Gasteiger partial charge in [0.05, 0.1) is 18.9 Å². The Bertz CT molecular complexity index is 1180. The number of ether oxygens (including phenoxy) is 2. The third-order valence-electron chi connectivity index (χ3n) is 5.53. The van der Waals surface area contributed by atoms with Crippen molar-refractivity contribution in [3.8, 4) is 11.5 Å². The van der Waals surface area contributed by atoms with Crippen molar-refractivity contribution >= 4 is 23.1 Å². The maximum Gasteiger partial charge on any atom is 0.251 e. The van der Waals surface area contributed by atoms with Crippen molar-refractivity contribution in [3.05, 3.63) is 94.3 Å². The average molecular weight is 437 g/mol. The van der Waals surface area contributed by atoms with E-state index in [4.69, 9.17) is 26.2 Å². The fourth-order valence-electron chi connectivity index (χ4n) is 3.95. The Balaban J connectivity index is 1.55. The van der Waals surface area contributed by atoms with Gasteiger partial charge in [-0.3, -0.25) is 4.79 Å². The van der Waals surface area contributed by atoms with E-state index < -0.39 is 6.23 Å². The topological polar surface area (TPSA) is 51.1 Å². The van der Waals surface area contributed by atoms with Crippen LogP contribution in [0, 0.1) is 5.82 Å². The molecule has 0 N–H and O–H groups in total. The van der Waals surface area contributed by atoms with E-state index in [0.717, 1.165) is 16.8 Å². The number of fused-ring (bicyclic) bond motifs is 3. The van der Waals surface area contributed by atoms with Crippen LogP contribution in [0.3, 0.4) is 0 Å². The predicted molar refractivity (Wildman–Crippen MR) is 115 cm³/mol. The van der Waals surface area contributed by atoms with Crippen molar-refractivity contribution in [3.63, 3.8) is 0 Å². The Morgan fingerprint density at radius 1 is 1.13 bits per heavy atom. The van der Waals surface area contributed by atoms with Gasteiger partial charge in [0.2, 0.25) is 5.78 Å². The zero-order valence-corrected chi connectivity index (χ0v) is 17.3. The first-order valence-electron chi connectivity index (χ1n) is 9.79. The molecule has 5 rings (SSSR count). The first-order valence-corrected chi connectivity index (χ1v) is 10.2. The molecule has 2 heterocycles. The Hall–Kier alpha value is -3.38. The molecule has 31 heavy (non-hydrogen) atoms. The maximum absolute atomic E-state index is 13.4. The Morgan fingerprint density at radius 3 is 2.58 bits per heavy atom. The highest BCUT2D eigenvalue weighted by Crippen LogP contribution is 2.44. The van der Waals surface area contributed by atoms with Crippen LogP contribution in [0.2, 0.25) is 5.02 Å². The van der Waals surface area contributed by atoms with Gasteiger partial charge in [0.25, 0.3) is 6.23 Å². The number of halogens is 2. The van der Waals surface area contributed by atoms with Gasteiger partial charge in [-0.25, -0.2) is 9.40 Å². The van der Waals surface area contributed by atoms with Gasteiger partial charge in [-0.1, -0.05) is 23.7 Å². The molecule has 3 aromatic carbocycles. The molecule has 0 spiro atoms. The van der Waals surface area contributed by atoms with Crippen LogP contribution in [0.5, 0.6) is 11.5 Å². The summed E-state index contributed by atoms with van der Waals surface area (Å²) in [7, 11) is 1.57. The number of hydrogen-bond donors (Lipinski definition) is 0. The van der Waals surface area contributed by atoms with Gasteiger partial charge in [0, 0.05) is 22.6 Å². The fraction of sp³-hybridized carbons (Fsp3) is 0.167. The predicted octanol–water partition coefficient (Wildman–Crippen LogP) is 5.24. The first-order chi connectivity index (χ1) is 15.0. The lowest BCUT2D eigenvalue weighted by Crippen LogP contribution is -2.45. The number of rotatable bonds is 4. The Morgan fingerprint density at radius 2 is 1.87 bits per heavy atom. The molecule has 5 nitrogen and oxygen atoms in total. The van der Waals surface area contributed by atoms with E-state index in [-0.39, 0.29) is 17.6 Å². The largest absolute Gasteiger partial charge is 0.497 e. The second-order valence-electron chi connectivity index (χ2n) is 7.40. The van der Waals surface area contributed by atoms with Crippen LogP contribution in [0.1, 0.15) is 33.9 Å². The zero-order chi connectivity index (χ0) is 21.5. The molecule has 2 aliphatic heterocycles. The summed E-state index contributed by atoms with van der Waals surface area (Å²) in [6.07, 6.45) is -0.376. The summed E-state index contributed by atoms with van der Waals surface area (Å²) in [5, 5.41) is 6.98. The normalized spacial score (nSPS) is 19.2. The summed E-state index contributed by atoms with van der Waals surface area (Å²) in [6.45, 7) is 0. The van der Waals surface area contributed by atoms with Gasteiger partial charge in [0.15, 0.2) is 0 Å². The molecule has 0 radical (unpaired) electrons. The molecular weight excluding hydrogens is 419 g/mol. The molecule has 0 amide bonds. The summed E-state index contributed by atoms with van der Waals surface area (Å²) in [4.78, 5) is 13.4. The third-order valence-corrected chi connectivity index (χ3v) is 5.76. The summed E-state index contributed by atoms with van der Waals surface area (Å²) in [5.74, 6) is 0.746. The Kier molecular flexibility index (Phi) is 4.87. The molecule has 0 fully saturated rings. The first kappa shape index (κ1) is 19.6. The van der Waals surface area contributed by atoms with Gasteiger partial charge in [0.1, 0.15) is 17.3 Å². The fourth-order valence-corrected chi connectivity index (χ4v) is 4.13. The lowest BCUT2D eigenvalue weighted by molar-refractivity contribution is -0.00455. The second kappa shape index (κ2) is 7.71. The van der Waals surface area contributed by atoms with Gasteiger partial charge < -0.3 is 9.47 Å². The Labute approximate surface area is 183 Å². The van der Waals surface area contributed by atoms with Crippen molar-refractivity contribution in [2.45, 2.75) is 18.7 Å². The minimum Gasteiger partial charge on any atom is -0.497 e. The van der Waals surface area contributed by atoms with Crippen molar-refractivity contribution in [1.29, 1.82) is 0 Å². The number of hydrogen-bond acceptors (Lipinski definition) is 5. The van der Waals surface area contributed by atoms with E-state index in [2.05, 4.69) is 0 Å². The quantitative estimate of drug-likeness (QED) is 0.525. The standard InChI is InChI=1S/C24H18ClFN2O3/c1-30-18-9-4-15(5-10-18)23(29)24-28-21(19-12-16(25)6-11-22(19)31-24)13-20(27-28)14-2-7-17(26)8-3-14/h2-12,21,24H,13H2,1H3/t21-,24+/m0/s1. The number of carbonyl (C=O) groups is 1. The van der Waals surface area contributed by atoms with E-state index in [1.54, 1.807) is 60.6 Å². The molecule has 2 atom stereocenters.